The number of alkyl halides is 3. The SMILES string of the molecule is N[C@@H](CC(=O)N1CCc2nc(C(F)(F)F)sc2C1)Cc1cc(F)ccc1F. The molecule has 10 heteroatoms. The van der Waals surface area contributed by atoms with E-state index in [2.05, 4.69) is 4.98 Å². The summed E-state index contributed by atoms with van der Waals surface area (Å²) in [5, 5.41) is -0.917. The molecular weight excluding hydrogens is 389 g/mol. The lowest BCUT2D eigenvalue weighted by atomic mass is 10.0. The minimum absolute atomic E-state index is 0.0206. The summed E-state index contributed by atoms with van der Waals surface area (Å²) in [5.41, 5.74) is 6.33. The van der Waals surface area contributed by atoms with Crippen molar-refractivity contribution in [3.05, 3.63) is 51.0 Å². The molecule has 1 aliphatic rings. The topological polar surface area (TPSA) is 59.2 Å². The lowest BCUT2D eigenvalue weighted by Crippen LogP contribution is -2.39. The monoisotopic (exact) mass is 405 g/mol. The molecule has 2 aromatic rings. The molecule has 0 saturated carbocycles. The largest absolute Gasteiger partial charge is 0.443 e. The molecule has 0 unspecified atom stereocenters. The number of rotatable bonds is 4. The van der Waals surface area contributed by atoms with Crippen molar-refractivity contribution in [1.82, 2.24) is 9.88 Å². The van der Waals surface area contributed by atoms with Crippen molar-refractivity contribution in [2.45, 2.75) is 38.0 Å². The van der Waals surface area contributed by atoms with Gasteiger partial charge in [-0.2, -0.15) is 13.2 Å². The Morgan fingerprint density at radius 1 is 1.33 bits per heavy atom. The van der Waals surface area contributed by atoms with Crippen LogP contribution in [-0.2, 0) is 30.4 Å². The zero-order valence-electron chi connectivity index (χ0n) is 14.0. The van der Waals surface area contributed by atoms with Gasteiger partial charge in [-0.05, 0) is 30.2 Å². The van der Waals surface area contributed by atoms with Gasteiger partial charge in [0.25, 0.3) is 0 Å². The third-order valence-corrected chi connectivity index (χ3v) is 5.38. The van der Waals surface area contributed by atoms with Crippen molar-refractivity contribution in [3.63, 3.8) is 0 Å². The van der Waals surface area contributed by atoms with Crippen LogP contribution in [0.2, 0.25) is 0 Å². The Kier molecular flexibility index (Phi) is 5.48. The van der Waals surface area contributed by atoms with E-state index in [1.54, 1.807) is 0 Å². The van der Waals surface area contributed by atoms with Gasteiger partial charge in [-0.25, -0.2) is 13.8 Å². The van der Waals surface area contributed by atoms with Crippen LogP contribution in [0, 0.1) is 11.6 Å². The molecule has 1 amide bonds. The number of benzene rings is 1. The number of nitrogens with zero attached hydrogens (tertiary/aromatic N) is 2. The summed E-state index contributed by atoms with van der Waals surface area (Å²) in [6.07, 6.45) is -4.40. The fourth-order valence-electron chi connectivity index (χ4n) is 2.94. The van der Waals surface area contributed by atoms with Gasteiger partial charge in [0.2, 0.25) is 5.91 Å². The number of halogens is 5. The molecule has 3 rings (SSSR count). The second kappa shape index (κ2) is 7.51. The fraction of sp³-hybridized carbons (Fsp3) is 0.412. The summed E-state index contributed by atoms with van der Waals surface area (Å²) in [6, 6.07) is 2.28. The molecule has 0 spiro atoms. The number of carbonyl (C=O) groups excluding carboxylic acids is 1. The number of aromatic nitrogens is 1. The molecule has 0 bridgehead atoms. The van der Waals surface area contributed by atoms with Crippen LogP contribution in [0.5, 0.6) is 0 Å². The van der Waals surface area contributed by atoms with E-state index in [1.807, 2.05) is 0 Å². The molecule has 0 radical (unpaired) electrons. The Morgan fingerprint density at radius 3 is 2.78 bits per heavy atom. The van der Waals surface area contributed by atoms with E-state index in [4.69, 9.17) is 5.73 Å². The van der Waals surface area contributed by atoms with Crippen molar-refractivity contribution in [3.8, 4) is 0 Å². The molecule has 0 aliphatic carbocycles. The van der Waals surface area contributed by atoms with E-state index >= 15 is 0 Å². The Hall–Kier alpha value is -2.07. The molecule has 1 aromatic carbocycles. The minimum Gasteiger partial charge on any atom is -0.337 e. The summed E-state index contributed by atoms with van der Waals surface area (Å²) in [6.45, 7) is 0.289. The predicted molar refractivity (Wildman–Crippen MR) is 88.9 cm³/mol. The van der Waals surface area contributed by atoms with Gasteiger partial charge in [0, 0.05) is 30.3 Å². The van der Waals surface area contributed by atoms with Gasteiger partial charge >= 0.3 is 6.18 Å². The highest BCUT2D eigenvalue weighted by Gasteiger charge is 2.37. The van der Waals surface area contributed by atoms with E-state index in [-0.39, 0.29) is 43.8 Å². The van der Waals surface area contributed by atoms with E-state index in [1.165, 1.54) is 4.90 Å². The van der Waals surface area contributed by atoms with Gasteiger partial charge in [0.1, 0.15) is 11.6 Å². The van der Waals surface area contributed by atoms with Gasteiger partial charge in [0.15, 0.2) is 5.01 Å². The van der Waals surface area contributed by atoms with Crippen LogP contribution in [-0.4, -0.2) is 28.4 Å². The maximum absolute atomic E-state index is 13.7. The Labute approximate surface area is 155 Å². The first-order chi connectivity index (χ1) is 12.6. The van der Waals surface area contributed by atoms with Crippen molar-refractivity contribution in [2.75, 3.05) is 6.54 Å². The minimum atomic E-state index is -4.51. The number of hydrogen-bond acceptors (Lipinski definition) is 4. The van der Waals surface area contributed by atoms with E-state index < -0.39 is 28.9 Å². The second-order valence-corrected chi connectivity index (χ2v) is 7.44. The second-order valence-electron chi connectivity index (χ2n) is 6.36. The highest BCUT2D eigenvalue weighted by atomic mass is 32.1. The number of nitrogens with two attached hydrogens (primary N) is 1. The van der Waals surface area contributed by atoms with Crippen LogP contribution < -0.4 is 5.73 Å². The summed E-state index contributed by atoms with van der Waals surface area (Å²) in [4.78, 5) is 17.8. The molecule has 1 atom stereocenters. The molecule has 1 aromatic heterocycles. The lowest BCUT2D eigenvalue weighted by Gasteiger charge is -2.27. The number of amides is 1. The first-order valence-electron chi connectivity index (χ1n) is 8.16. The third-order valence-electron chi connectivity index (χ3n) is 4.25. The molecule has 2 N–H and O–H groups in total. The number of carbonyl (C=O) groups is 1. The van der Waals surface area contributed by atoms with Crippen LogP contribution in [0.1, 0.15) is 27.6 Å². The predicted octanol–water partition coefficient (Wildman–Crippen LogP) is 3.28. The first kappa shape index (κ1) is 19.7. The molecule has 146 valence electrons. The average Bonchev–Trinajstić information content (AvgIpc) is 3.01. The molecule has 4 nitrogen and oxygen atoms in total. The van der Waals surface area contributed by atoms with Crippen LogP contribution in [0.25, 0.3) is 0 Å². The van der Waals surface area contributed by atoms with Crippen LogP contribution in [0.3, 0.4) is 0 Å². The quantitative estimate of drug-likeness (QED) is 0.795. The zero-order valence-corrected chi connectivity index (χ0v) is 14.8. The molecule has 2 heterocycles. The lowest BCUT2D eigenvalue weighted by molar-refractivity contribution is -0.137. The Bertz CT molecular complexity index is 852. The van der Waals surface area contributed by atoms with Gasteiger partial charge in [-0.15, -0.1) is 11.3 Å². The Balaban J connectivity index is 1.61. The molecule has 27 heavy (non-hydrogen) atoms. The molecule has 0 fully saturated rings. The summed E-state index contributed by atoms with van der Waals surface area (Å²) in [5.74, 6) is -1.54. The van der Waals surface area contributed by atoms with Crippen molar-refractivity contribution >= 4 is 17.2 Å². The number of hydrogen-bond donors (Lipinski definition) is 1. The summed E-state index contributed by atoms with van der Waals surface area (Å²) >= 11 is 0.536. The Morgan fingerprint density at radius 2 is 2.07 bits per heavy atom. The van der Waals surface area contributed by atoms with Crippen LogP contribution in [0.4, 0.5) is 22.0 Å². The van der Waals surface area contributed by atoms with Crippen molar-refractivity contribution in [2.24, 2.45) is 5.73 Å². The van der Waals surface area contributed by atoms with E-state index in [0.29, 0.717) is 21.9 Å². The summed E-state index contributed by atoms with van der Waals surface area (Å²) in [7, 11) is 0. The van der Waals surface area contributed by atoms with Crippen LogP contribution in [0.15, 0.2) is 18.2 Å². The zero-order chi connectivity index (χ0) is 19.8. The van der Waals surface area contributed by atoms with Gasteiger partial charge in [0.05, 0.1) is 12.2 Å². The highest BCUT2D eigenvalue weighted by Crippen LogP contribution is 2.36. The molecule has 1 aliphatic heterocycles. The van der Waals surface area contributed by atoms with Crippen LogP contribution >= 0.6 is 11.3 Å². The molecule has 0 saturated heterocycles. The normalized spacial score (nSPS) is 15.6. The maximum atomic E-state index is 13.7. The van der Waals surface area contributed by atoms with Gasteiger partial charge < -0.3 is 10.6 Å². The maximum Gasteiger partial charge on any atom is 0.443 e. The number of fused-ring (bicyclic) bond motifs is 1. The smallest absolute Gasteiger partial charge is 0.337 e. The average molecular weight is 405 g/mol. The third kappa shape index (κ3) is 4.62. The highest BCUT2D eigenvalue weighted by molar-refractivity contribution is 7.11. The van der Waals surface area contributed by atoms with Crippen molar-refractivity contribution in [1.29, 1.82) is 0 Å². The molecular formula is C17H16F5N3OS. The van der Waals surface area contributed by atoms with E-state index in [9.17, 15) is 26.7 Å². The summed E-state index contributed by atoms with van der Waals surface area (Å²) < 4.78 is 65.2. The number of thiazole rings is 1. The standard InChI is InChI=1S/C17H16F5N3OS/c18-10-1-2-12(19)9(5-10)6-11(23)7-15(26)25-4-3-13-14(8-25)27-16(24-13)17(20,21)22/h1-2,5,11H,3-4,6-8,23H2/t11-/m1/s1. The van der Waals surface area contributed by atoms with Gasteiger partial charge in [-0.1, -0.05) is 0 Å². The van der Waals surface area contributed by atoms with E-state index in [0.717, 1.165) is 18.2 Å². The fourth-order valence-corrected chi connectivity index (χ4v) is 3.93. The van der Waals surface area contributed by atoms with Gasteiger partial charge in [-0.3, -0.25) is 4.79 Å². The first-order valence-corrected chi connectivity index (χ1v) is 8.98. The van der Waals surface area contributed by atoms with Crippen molar-refractivity contribution < 1.29 is 26.7 Å².